The molecule has 0 aromatic heterocycles. The number of carbonyl (C=O) groups is 1. The number of hydrazone groups is 1. The number of amides is 1. The highest BCUT2D eigenvalue weighted by Gasteiger charge is 2.30. The zero-order valence-corrected chi connectivity index (χ0v) is 12.9. The predicted molar refractivity (Wildman–Crippen MR) is 83.1 cm³/mol. The average molecular weight is 327 g/mol. The van der Waals surface area contributed by atoms with Gasteiger partial charge in [0, 0.05) is 11.4 Å². The number of hydrogen-bond acceptors (Lipinski definition) is 3. The van der Waals surface area contributed by atoms with Crippen LogP contribution in [-0.4, -0.2) is 18.2 Å². The fourth-order valence-electron chi connectivity index (χ4n) is 2.53. The van der Waals surface area contributed by atoms with Crippen LogP contribution in [-0.2, 0) is 11.0 Å². The Morgan fingerprint density at radius 3 is 2.87 bits per heavy atom. The van der Waals surface area contributed by atoms with Crippen molar-refractivity contribution in [3.05, 3.63) is 29.8 Å². The summed E-state index contributed by atoms with van der Waals surface area (Å²) in [7, 11) is 0. The first-order chi connectivity index (χ1) is 10.8. The first-order valence-corrected chi connectivity index (χ1v) is 7.60. The SMILES string of the molecule is C[C@H]1CCC/C(=N/NC(=O)CNc2cccc(C(F)(F)F)c2)C1. The number of nitrogens with zero attached hydrogens (tertiary/aromatic N) is 1. The maximum absolute atomic E-state index is 12.6. The van der Waals surface area contributed by atoms with Crippen LogP contribution in [0.1, 0.15) is 38.2 Å². The number of carbonyl (C=O) groups excluding carboxylic acids is 1. The summed E-state index contributed by atoms with van der Waals surface area (Å²) in [6, 6.07) is 4.74. The van der Waals surface area contributed by atoms with Crippen molar-refractivity contribution in [3.63, 3.8) is 0 Å². The van der Waals surface area contributed by atoms with Gasteiger partial charge in [0.1, 0.15) is 0 Å². The van der Waals surface area contributed by atoms with Crippen molar-refractivity contribution in [2.24, 2.45) is 11.0 Å². The first kappa shape index (κ1) is 17.3. The maximum Gasteiger partial charge on any atom is 0.416 e. The van der Waals surface area contributed by atoms with Gasteiger partial charge < -0.3 is 5.32 Å². The van der Waals surface area contributed by atoms with Crippen LogP contribution in [0, 0.1) is 5.92 Å². The Kier molecular flexibility index (Phi) is 5.63. The molecule has 0 saturated heterocycles. The molecule has 1 fully saturated rings. The zero-order valence-electron chi connectivity index (χ0n) is 12.9. The van der Waals surface area contributed by atoms with E-state index in [9.17, 15) is 18.0 Å². The summed E-state index contributed by atoms with van der Waals surface area (Å²) >= 11 is 0. The van der Waals surface area contributed by atoms with Crippen LogP contribution in [0.2, 0.25) is 0 Å². The molecule has 1 aliphatic carbocycles. The molecular formula is C16H20F3N3O. The fourth-order valence-corrected chi connectivity index (χ4v) is 2.53. The Bertz CT molecular complexity index is 584. The maximum atomic E-state index is 12.6. The molecule has 0 bridgehead atoms. The fraction of sp³-hybridized carbons (Fsp3) is 0.500. The minimum atomic E-state index is -4.40. The second-order valence-corrected chi connectivity index (χ2v) is 5.85. The van der Waals surface area contributed by atoms with Crippen LogP contribution in [0.15, 0.2) is 29.4 Å². The highest BCUT2D eigenvalue weighted by Crippen LogP contribution is 2.30. The first-order valence-electron chi connectivity index (χ1n) is 7.60. The molecule has 1 aromatic carbocycles. The van der Waals surface area contributed by atoms with Crippen LogP contribution in [0.4, 0.5) is 18.9 Å². The van der Waals surface area contributed by atoms with E-state index in [4.69, 9.17) is 0 Å². The van der Waals surface area contributed by atoms with E-state index in [-0.39, 0.29) is 18.1 Å². The molecule has 0 radical (unpaired) electrons. The van der Waals surface area contributed by atoms with Gasteiger partial charge in [-0.25, -0.2) is 5.43 Å². The van der Waals surface area contributed by atoms with E-state index >= 15 is 0 Å². The molecule has 0 aliphatic heterocycles. The standard InChI is InChI=1S/C16H20F3N3O/c1-11-4-2-7-14(8-11)21-22-15(23)10-20-13-6-3-5-12(9-13)16(17,18)19/h3,5-6,9,11,20H,2,4,7-8,10H2,1H3,(H,22,23)/b21-14-/t11-/m0/s1. The van der Waals surface area contributed by atoms with Gasteiger partial charge in [0.05, 0.1) is 12.1 Å². The number of anilines is 1. The average Bonchev–Trinajstić information content (AvgIpc) is 2.50. The minimum absolute atomic E-state index is 0.131. The summed E-state index contributed by atoms with van der Waals surface area (Å²) < 4.78 is 37.8. The Balaban J connectivity index is 1.84. The number of alkyl halides is 3. The van der Waals surface area contributed by atoms with Crippen molar-refractivity contribution >= 4 is 17.3 Å². The number of rotatable bonds is 4. The summed E-state index contributed by atoms with van der Waals surface area (Å²) in [5.74, 6) is 0.191. The molecule has 2 rings (SSSR count). The summed E-state index contributed by atoms with van der Waals surface area (Å²) in [5.41, 5.74) is 2.91. The monoisotopic (exact) mass is 327 g/mol. The molecular weight excluding hydrogens is 307 g/mol. The van der Waals surface area contributed by atoms with Gasteiger partial charge in [-0.3, -0.25) is 4.79 Å². The van der Waals surface area contributed by atoms with Crippen LogP contribution >= 0.6 is 0 Å². The minimum Gasteiger partial charge on any atom is -0.376 e. The third-order valence-corrected chi connectivity index (χ3v) is 3.73. The second kappa shape index (κ2) is 7.48. The normalized spacial score (nSPS) is 20.3. The lowest BCUT2D eigenvalue weighted by atomic mass is 9.89. The Labute approximate surface area is 133 Å². The predicted octanol–water partition coefficient (Wildman–Crippen LogP) is 3.80. The van der Waals surface area contributed by atoms with E-state index < -0.39 is 11.7 Å². The molecule has 0 unspecified atom stereocenters. The Morgan fingerprint density at radius 2 is 2.17 bits per heavy atom. The summed E-state index contributed by atoms with van der Waals surface area (Å²) in [6.45, 7) is 2.01. The van der Waals surface area contributed by atoms with Crippen molar-refractivity contribution in [1.29, 1.82) is 0 Å². The molecule has 1 aromatic rings. The van der Waals surface area contributed by atoms with Crippen LogP contribution in [0.25, 0.3) is 0 Å². The topological polar surface area (TPSA) is 53.5 Å². The van der Waals surface area contributed by atoms with Crippen molar-refractivity contribution in [3.8, 4) is 0 Å². The summed E-state index contributed by atoms with van der Waals surface area (Å²) in [4.78, 5) is 11.7. The lowest BCUT2D eigenvalue weighted by molar-refractivity contribution is -0.137. The van der Waals surface area contributed by atoms with Crippen molar-refractivity contribution < 1.29 is 18.0 Å². The van der Waals surface area contributed by atoms with Crippen molar-refractivity contribution in [1.82, 2.24) is 5.43 Å². The largest absolute Gasteiger partial charge is 0.416 e. The molecule has 0 spiro atoms. The Morgan fingerprint density at radius 1 is 1.39 bits per heavy atom. The van der Waals surface area contributed by atoms with Gasteiger partial charge in [-0.15, -0.1) is 0 Å². The van der Waals surface area contributed by atoms with E-state index in [1.165, 1.54) is 18.6 Å². The van der Waals surface area contributed by atoms with E-state index in [0.29, 0.717) is 5.92 Å². The number of benzene rings is 1. The molecule has 1 aliphatic rings. The number of hydrogen-bond donors (Lipinski definition) is 2. The van der Waals surface area contributed by atoms with Crippen LogP contribution < -0.4 is 10.7 Å². The lowest BCUT2D eigenvalue weighted by Crippen LogP contribution is -2.28. The Hall–Kier alpha value is -2.05. The van der Waals surface area contributed by atoms with Gasteiger partial charge >= 0.3 is 6.18 Å². The van der Waals surface area contributed by atoms with Crippen LogP contribution in [0.3, 0.4) is 0 Å². The second-order valence-electron chi connectivity index (χ2n) is 5.85. The molecule has 4 nitrogen and oxygen atoms in total. The molecule has 2 N–H and O–H groups in total. The highest BCUT2D eigenvalue weighted by molar-refractivity contribution is 5.87. The van der Waals surface area contributed by atoms with Gasteiger partial charge in [0.15, 0.2) is 0 Å². The third-order valence-electron chi connectivity index (χ3n) is 3.73. The molecule has 1 saturated carbocycles. The highest BCUT2D eigenvalue weighted by atomic mass is 19.4. The van der Waals surface area contributed by atoms with Gasteiger partial charge in [0.25, 0.3) is 5.91 Å². The van der Waals surface area contributed by atoms with Crippen molar-refractivity contribution in [2.45, 2.75) is 38.8 Å². The molecule has 1 amide bonds. The van der Waals surface area contributed by atoms with Gasteiger partial charge in [-0.05, 0) is 49.8 Å². The summed E-state index contributed by atoms with van der Waals surface area (Å²) in [5, 5.41) is 6.77. The third kappa shape index (κ3) is 5.58. The molecule has 1 atom stereocenters. The number of halogens is 3. The van der Waals surface area contributed by atoms with Gasteiger partial charge in [-0.2, -0.15) is 18.3 Å². The van der Waals surface area contributed by atoms with Gasteiger partial charge in [-0.1, -0.05) is 13.0 Å². The molecule has 126 valence electrons. The molecule has 23 heavy (non-hydrogen) atoms. The van der Waals surface area contributed by atoms with Crippen molar-refractivity contribution in [2.75, 3.05) is 11.9 Å². The van der Waals surface area contributed by atoms with E-state index in [1.54, 1.807) is 0 Å². The number of nitrogens with one attached hydrogen (secondary N) is 2. The molecule has 0 heterocycles. The quantitative estimate of drug-likeness (QED) is 0.827. The zero-order chi connectivity index (χ0) is 16.9. The van der Waals surface area contributed by atoms with E-state index in [0.717, 1.165) is 37.1 Å². The van der Waals surface area contributed by atoms with Crippen LogP contribution in [0.5, 0.6) is 0 Å². The smallest absolute Gasteiger partial charge is 0.376 e. The van der Waals surface area contributed by atoms with Gasteiger partial charge in [0.2, 0.25) is 0 Å². The summed E-state index contributed by atoms with van der Waals surface area (Å²) in [6.07, 6.45) is -0.404. The van der Waals surface area contributed by atoms with E-state index in [2.05, 4.69) is 22.8 Å². The lowest BCUT2D eigenvalue weighted by Gasteiger charge is -2.19. The molecule has 7 heteroatoms. The van der Waals surface area contributed by atoms with E-state index in [1.807, 2.05) is 0 Å².